The van der Waals surface area contributed by atoms with E-state index in [-0.39, 0.29) is 11.4 Å². The molecule has 0 aliphatic carbocycles. The highest BCUT2D eigenvalue weighted by Gasteiger charge is 2.31. The minimum absolute atomic E-state index is 0.0641. The largest absolute Gasteiger partial charge is 0.493 e. The minimum atomic E-state index is -0.0976. The van der Waals surface area contributed by atoms with Crippen LogP contribution in [0.15, 0.2) is 78.9 Å². The van der Waals surface area contributed by atoms with E-state index in [0.717, 1.165) is 22.6 Å². The predicted octanol–water partition coefficient (Wildman–Crippen LogP) is 5.55. The average molecular weight is 421 g/mol. The van der Waals surface area contributed by atoms with Gasteiger partial charge in [0.2, 0.25) is 0 Å². The van der Waals surface area contributed by atoms with E-state index in [9.17, 15) is 4.79 Å². The Morgan fingerprint density at radius 1 is 1.03 bits per heavy atom. The van der Waals surface area contributed by atoms with Crippen molar-refractivity contribution in [1.82, 2.24) is 4.90 Å². The fourth-order valence-corrected chi connectivity index (χ4v) is 4.61. The Hall–Kier alpha value is -3.12. The first kappa shape index (κ1) is 20.2. The van der Waals surface area contributed by atoms with Crippen LogP contribution in [0.1, 0.15) is 16.5 Å². The second kappa shape index (κ2) is 9.59. The number of hydrogen-bond acceptors (Lipinski definition) is 4. The number of nitrogens with zero attached hydrogens (tertiary/aromatic N) is 1. The monoisotopic (exact) mass is 420 g/mol. The Labute approximate surface area is 181 Å². The van der Waals surface area contributed by atoms with E-state index in [1.54, 1.807) is 18.9 Å². The molecule has 0 spiro atoms. The van der Waals surface area contributed by atoms with Crippen molar-refractivity contribution in [1.29, 1.82) is 0 Å². The second-order valence-electron chi connectivity index (χ2n) is 6.90. The van der Waals surface area contributed by atoms with Crippen LogP contribution in [0.5, 0.6) is 11.5 Å². The van der Waals surface area contributed by atoms with E-state index in [0.29, 0.717) is 24.7 Å². The molecule has 0 unspecified atom stereocenters. The van der Waals surface area contributed by atoms with Crippen molar-refractivity contribution in [3.05, 3.63) is 90.0 Å². The molecule has 154 valence electrons. The predicted molar refractivity (Wildman–Crippen MR) is 121 cm³/mol. The maximum atomic E-state index is 12.8. The molecule has 4 rings (SSSR count). The minimum Gasteiger partial charge on any atom is -0.493 e. The van der Waals surface area contributed by atoms with Crippen LogP contribution in [-0.4, -0.2) is 30.3 Å². The van der Waals surface area contributed by atoms with Gasteiger partial charge in [-0.15, -0.1) is 11.8 Å². The summed E-state index contributed by atoms with van der Waals surface area (Å²) in [5.41, 5.74) is 2.91. The number of methoxy groups -OCH3 is 1. The highest BCUT2D eigenvalue weighted by Crippen LogP contribution is 2.41. The van der Waals surface area contributed by atoms with E-state index in [4.69, 9.17) is 9.47 Å². The molecule has 1 heterocycles. The van der Waals surface area contributed by atoms with Gasteiger partial charge >= 0.3 is 6.03 Å². The van der Waals surface area contributed by atoms with Gasteiger partial charge in [0.25, 0.3) is 0 Å². The molecular formula is C24H24N2O3S. The zero-order chi connectivity index (χ0) is 20.8. The summed E-state index contributed by atoms with van der Waals surface area (Å²) in [4.78, 5) is 14.7. The fourth-order valence-electron chi connectivity index (χ4n) is 3.36. The first-order chi connectivity index (χ1) is 14.7. The molecule has 1 aliphatic rings. The molecule has 0 aromatic heterocycles. The van der Waals surface area contributed by atoms with Crippen LogP contribution >= 0.6 is 11.8 Å². The van der Waals surface area contributed by atoms with E-state index < -0.39 is 0 Å². The molecule has 30 heavy (non-hydrogen) atoms. The summed E-state index contributed by atoms with van der Waals surface area (Å²) in [7, 11) is 1.64. The van der Waals surface area contributed by atoms with Crippen molar-refractivity contribution >= 4 is 23.5 Å². The number of hydrogen-bond donors (Lipinski definition) is 1. The molecule has 5 nitrogen and oxygen atoms in total. The van der Waals surface area contributed by atoms with Gasteiger partial charge in [-0.25, -0.2) is 4.79 Å². The first-order valence-electron chi connectivity index (χ1n) is 9.83. The summed E-state index contributed by atoms with van der Waals surface area (Å²) in [6.45, 7) is 1.17. The highest BCUT2D eigenvalue weighted by atomic mass is 32.2. The smallest absolute Gasteiger partial charge is 0.323 e. The Morgan fingerprint density at radius 2 is 1.77 bits per heavy atom. The zero-order valence-electron chi connectivity index (χ0n) is 16.8. The van der Waals surface area contributed by atoms with Crippen molar-refractivity contribution in [3.8, 4) is 11.5 Å². The molecule has 6 heteroatoms. The standard InChI is InChI=1S/C24H24N2O3S/c1-28-22-16-19(12-13-21(22)29-17-18-8-4-2-5-9-18)23-26(14-15-30-23)24(27)25-20-10-6-3-7-11-20/h2-13,16,23H,14-15,17H2,1H3,(H,25,27)/t23-/m1/s1. The van der Waals surface area contributed by atoms with Crippen molar-refractivity contribution in [3.63, 3.8) is 0 Å². The molecule has 1 saturated heterocycles. The van der Waals surface area contributed by atoms with E-state index in [1.165, 1.54) is 0 Å². The Bertz CT molecular complexity index is 982. The lowest BCUT2D eigenvalue weighted by Gasteiger charge is -2.25. The van der Waals surface area contributed by atoms with E-state index >= 15 is 0 Å². The molecule has 0 radical (unpaired) electrons. The van der Waals surface area contributed by atoms with Gasteiger partial charge < -0.3 is 19.7 Å². The van der Waals surface area contributed by atoms with Crippen LogP contribution < -0.4 is 14.8 Å². The van der Waals surface area contributed by atoms with Crippen LogP contribution in [0.2, 0.25) is 0 Å². The fraction of sp³-hybridized carbons (Fsp3) is 0.208. The van der Waals surface area contributed by atoms with Gasteiger partial charge in [-0.1, -0.05) is 54.6 Å². The molecule has 3 aromatic carbocycles. The summed E-state index contributed by atoms with van der Waals surface area (Å²) in [5, 5.41) is 2.92. The molecule has 2 amide bonds. The van der Waals surface area contributed by atoms with Gasteiger partial charge in [0.05, 0.1) is 7.11 Å². The number of amides is 2. The zero-order valence-corrected chi connectivity index (χ0v) is 17.6. The van der Waals surface area contributed by atoms with Crippen molar-refractivity contribution in [2.24, 2.45) is 0 Å². The normalized spacial score (nSPS) is 15.6. The Kier molecular flexibility index (Phi) is 6.44. The first-order valence-corrected chi connectivity index (χ1v) is 10.9. The van der Waals surface area contributed by atoms with Crippen LogP contribution in [0.25, 0.3) is 0 Å². The highest BCUT2D eigenvalue weighted by molar-refractivity contribution is 7.99. The summed E-state index contributed by atoms with van der Waals surface area (Å²) in [5.74, 6) is 2.24. The van der Waals surface area contributed by atoms with Crippen molar-refractivity contribution in [2.45, 2.75) is 12.0 Å². The quantitative estimate of drug-likeness (QED) is 0.568. The van der Waals surface area contributed by atoms with Gasteiger partial charge in [0.15, 0.2) is 11.5 Å². The molecule has 1 N–H and O–H groups in total. The lowest BCUT2D eigenvalue weighted by molar-refractivity contribution is 0.214. The second-order valence-corrected chi connectivity index (χ2v) is 8.09. The number of carbonyl (C=O) groups excluding carboxylic acids is 1. The Balaban J connectivity index is 1.47. The van der Waals surface area contributed by atoms with E-state index in [1.807, 2.05) is 83.8 Å². The van der Waals surface area contributed by atoms with Gasteiger partial charge in [0, 0.05) is 18.0 Å². The maximum Gasteiger partial charge on any atom is 0.323 e. The number of ether oxygens (including phenoxy) is 2. The van der Waals surface area contributed by atoms with Gasteiger partial charge in [-0.05, 0) is 35.4 Å². The number of nitrogens with one attached hydrogen (secondary N) is 1. The van der Waals surface area contributed by atoms with Crippen molar-refractivity contribution < 1.29 is 14.3 Å². The number of para-hydroxylation sites is 1. The lowest BCUT2D eigenvalue weighted by Crippen LogP contribution is -2.34. The molecule has 0 bridgehead atoms. The van der Waals surface area contributed by atoms with Crippen LogP contribution in [0.3, 0.4) is 0 Å². The van der Waals surface area contributed by atoms with Crippen LogP contribution in [-0.2, 0) is 6.61 Å². The number of benzene rings is 3. The number of thioether (sulfide) groups is 1. The summed E-state index contributed by atoms with van der Waals surface area (Å²) in [6, 6.07) is 25.3. The maximum absolute atomic E-state index is 12.8. The molecule has 1 fully saturated rings. The van der Waals surface area contributed by atoms with Crippen LogP contribution in [0.4, 0.5) is 10.5 Å². The summed E-state index contributed by atoms with van der Waals surface area (Å²) in [6.07, 6.45) is 0. The van der Waals surface area contributed by atoms with Gasteiger partial charge in [-0.3, -0.25) is 0 Å². The number of urea groups is 1. The molecule has 0 saturated carbocycles. The van der Waals surface area contributed by atoms with E-state index in [2.05, 4.69) is 5.32 Å². The third-order valence-electron chi connectivity index (χ3n) is 4.89. The molecule has 3 aromatic rings. The summed E-state index contributed by atoms with van der Waals surface area (Å²) < 4.78 is 11.5. The van der Waals surface area contributed by atoms with Crippen molar-refractivity contribution in [2.75, 3.05) is 24.7 Å². The number of anilines is 1. The molecule has 1 aliphatic heterocycles. The number of carbonyl (C=O) groups is 1. The Morgan fingerprint density at radius 3 is 2.50 bits per heavy atom. The van der Waals surface area contributed by atoms with Crippen LogP contribution in [0, 0.1) is 0 Å². The lowest BCUT2D eigenvalue weighted by atomic mass is 10.2. The summed E-state index contributed by atoms with van der Waals surface area (Å²) >= 11 is 1.75. The average Bonchev–Trinajstić information content (AvgIpc) is 3.29. The topological polar surface area (TPSA) is 50.8 Å². The molecule has 1 atom stereocenters. The third-order valence-corrected chi connectivity index (χ3v) is 6.15. The number of rotatable bonds is 6. The SMILES string of the molecule is COc1cc([C@H]2SCCN2C(=O)Nc2ccccc2)ccc1OCc1ccccc1. The van der Waals surface area contributed by atoms with Gasteiger partial charge in [-0.2, -0.15) is 0 Å². The van der Waals surface area contributed by atoms with Gasteiger partial charge in [0.1, 0.15) is 12.0 Å². The molecular weight excluding hydrogens is 396 g/mol. The third kappa shape index (κ3) is 4.71.